The maximum absolute atomic E-state index is 12.7. The summed E-state index contributed by atoms with van der Waals surface area (Å²) in [6.07, 6.45) is 1.17. The molecule has 0 saturated carbocycles. The van der Waals surface area contributed by atoms with Gasteiger partial charge in [0.2, 0.25) is 15.9 Å². The van der Waals surface area contributed by atoms with E-state index < -0.39 is 10.0 Å². The standard InChI is InChI=1S/C17H25N3O3S.ClH/c1-13-2-4-16(5-3-13)24(22,23)20-8-6-15(7-9-20)17(21)19-12-14-10-18-11-14;/h2-5,14-15,18H,6-12H2,1H3,(H,19,21);1H. The van der Waals surface area contributed by atoms with Crippen molar-refractivity contribution in [2.24, 2.45) is 11.8 Å². The third kappa shape index (κ3) is 4.73. The van der Waals surface area contributed by atoms with Gasteiger partial charge in [0.05, 0.1) is 4.90 Å². The molecule has 0 unspecified atom stereocenters. The molecule has 2 fully saturated rings. The summed E-state index contributed by atoms with van der Waals surface area (Å²) in [5.41, 5.74) is 1.03. The molecular weight excluding hydrogens is 362 g/mol. The Kier molecular flexibility index (Phi) is 6.85. The van der Waals surface area contributed by atoms with Crippen molar-refractivity contribution in [3.8, 4) is 0 Å². The van der Waals surface area contributed by atoms with Gasteiger partial charge in [0.25, 0.3) is 0 Å². The molecule has 0 aromatic heterocycles. The number of amides is 1. The Morgan fingerprint density at radius 1 is 1.20 bits per heavy atom. The van der Waals surface area contributed by atoms with Crippen LogP contribution in [-0.2, 0) is 14.8 Å². The quantitative estimate of drug-likeness (QED) is 0.794. The van der Waals surface area contributed by atoms with Gasteiger partial charge >= 0.3 is 0 Å². The van der Waals surface area contributed by atoms with Gasteiger partial charge < -0.3 is 10.6 Å². The lowest BCUT2D eigenvalue weighted by Gasteiger charge is -2.32. The minimum absolute atomic E-state index is 0. The molecule has 2 aliphatic rings. The molecule has 1 aromatic carbocycles. The van der Waals surface area contributed by atoms with Crippen LogP contribution in [0.4, 0.5) is 0 Å². The first kappa shape index (κ1) is 20.2. The lowest BCUT2D eigenvalue weighted by atomic mass is 9.96. The van der Waals surface area contributed by atoms with Crippen molar-refractivity contribution in [1.29, 1.82) is 0 Å². The third-order valence-electron chi connectivity index (χ3n) is 4.91. The van der Waals surface area contributed by atoms with Gasteiger partial charge in [0.1, 0.15) is 0 Å². The van der Waals surface area contributed by atoms with Gasteiger partial charge in [-0.25, -0.2) is 8.42 Å². The average Bonchev–Trinajstić information content (AvgIpc) is 2.54. The number of nitrogens with zero attached hydrogens (tertiary/aromatic N) is 1. The number of benzene rings is 1. The lowest BCUT2D eigenvalue weighted by molar-refractivity contribution is -0.126. The molecule has 0 radical (unpaired) electrons. The number of rotatable bonds is 5. The summed E-state index contributed by atoms with van der Waals surface area (Å²) in [7, 11) is -3.46. The Bertz CT molecular complexity index is 682. The fourth-order valence-electron chi connectivity index (χ4n) is 3.10. The van der Waals surface area contributed by atoms with E-state index in [1.54, 1.807) is 12.1 Å². The highest BCUT2D eigenvalue weighted by Crippen LogP contribution is 2.24. The Morgan fingerprint density at radius 2 is 1.80 bits per heavy atom. The first-order chi connectivity index (χ1) is 11.5. The van der Waals surface area contributed by atoms with Crippen LogP contribution in [0.1, 0.15) is 18.4 Å². The number of carbonyl (C=O) groups excluding carboxylic acids is 1. The average molecular weight is 388 g/mol. The molecule has 0 spiro atoms. The largest absolute Gasteiger partial charge is 0.355 e. The molecule has 1 aromatic rings. The van der Waals surface area contributed by atoms with Crippen LogP contribution in [0.15, 0.2) is 29.2 Å². The Hall–Kier alpha value is -1.15. The van der Waals surface area contributed by atoms with E-state index in [0.717, 1.165) is 18.7 Å². The van der Waals surface area contributed by atoms with Crippen LogP contribution >= 0.6 is 12.4 Å². The van der Waals surface area contributed by atoms with Gasteiger partial charge in [-0.05, 0) is 31.9 Å². The van der Waals surface area contributed by atoms with Crippen molar-refractivity contribution < 1.29 is 13.2 Å². The van der Waals surface area contributed by atoms with Crippen molar-refractivity contribution in [1.82, 2.24) is 14.9 Å². The molecule has 25 heavy (non-hydrogen) atoms. The molecule has 0 aliphatic carbocycles. The number of carbonyl (C=O) groups is 1. The molecule has 2 saturated heterocycles. The third-order valence-corrected chi connectivity index (χ3v) is 6.83. The van der Waals surface area contributed by atoms with Crippen molar-refractivity contribution in [3.63, 3.8) is 0 Å². The summed E-state index contributed by atoms with van der Waals surface area (Å²) >= 11 is 0. The Morgan fingerprint density at radius 3 is 2.32 bits per heavy atom. The normalized spacial score (nSPS) is 19.7. The van der Waals surface area contributed by atoms with E-state index in [2.05, 4.69) is 10.6 Å². The number of hydrogen-bond acceptors (Lipinski definition) is 4. The number of halogens is 1. The summed E-state index contributed by atoms with van der Waals surface area (Å²) in [4.78, 5) is 12.5. The maximum atomic E-state index is 12.7. The summed E-state index contributed by atoms with van der Waals surface area (Å²) in [5.74, 6) is 0.521. The van der Waals surface area contributed by atoms with E-state index in [1.807, 2.05) is 19.1 Å². The molecule has 0 atom stereocenters. The molecule has 2 N–H and O–H groups in total. The van der Waals surface area contributed by atoms with E-state index in [9.17, 15) is 13.2 Å². The fraction of sp³-hybridized carbons (Fsp3) is 0.588. The second-order valence-corrected chi connectivity index (χ2v) is 8.70. The number of hydrogen-bond donors (Lipinski definition) is 2. The first-order valence-corrected chi connectivity index (χ1v) is 9.96. The summed E-state index contributed by atoms with van der Waals surface area (Å²) in [6.45, 7) is 5.38. The fourth-order valence-corrected chi connectivity index (χ4v) is 4.57. The predicted octanol–water partition coefficient (Wildman–Crippen LogP) is 1.15. The molecule has 6 nitrogen and oxygen atoms in total. The van der Waals surface area contributed by atoms with Crippen molar-refractivity contribution in [3.05, 3.63) is 29.8 Å². The number of sulfonamides is 1. The zero-order chi connectivity index (χ0) is 17.2. The zero-order valence-corrected chi connectivity index (χ0v) is 16.0. The van der Waals surface area contributed by atoms with Crippen LogP contribution in [0, 0.1) is 18.8 Å². The minimum atomic E-state index is -3.46. The molecule has 0 bridgehead atoms. The number of piperidine rings is 1. The minimum Gasteiger partial charge on any atom is -0.355 e. The van der Waals surface area contributed by atoms with Crippen LogP contribution in [-0.4, -0.2) is 51.4 Å². The van der Waals surface area contributed by atoms with E-state index >= 15 is 0 Å². The molecule has 1 amide bonds. The molecule has 2 aliphatic heterocycles. The Balaban J connectivity index is 0.00000225. The molecule has 2 heterocycles. The van der Waals surface area contributed by atoms with E-state index in [-0.39, 0.29) is 24.2 Å². The van der Waals surface area contributed by atoms with Gasteiger partial charge in [-0.2, -0.15) is 4.31 Å². The molecule has 3 rings (SSSR count). The van der Waals surface area contributed by atoms with Crippen molar-refractivity contribution >= 4 is 28.3 Å². The summed E-state index contributed by atoms with van der Waals surface area (Å²) in [5, 5.41) is 6.18. The van der Waals surface area contributed by atoms with Crippen LogP contribution in [0.2, 0.25) is 0 Å². The van der Waals surface area contributed by atoms with Crippen LogP contribution in [0.5, 0.6) is 0 Å². The second-order valence-electron chi connectivity index (χ2n) is 6.76. The first-order valence-electron chi connectivity index (χ1n) is 8.52. The highest BCUT2D eigenvalue weighted by atomic mass is 35.5. The zero-order valence-electron chi connectivity index (χ0n) is 14.4. The van der Waals surface area contributed by atoms with Crippen LogP contribution in [0.25, 0.3) is 0 Å². The van der Waals surface area contributed by atoms with Crippen LogP contribution < -0.4 is 10.6 Å². The number of aryl methyl sites for hydroxylation is 1. The van der Waals surface area contributed by atoms with Gasteiger partial charge in [-0.3, -0.25) is 4.79 Å². The van der Waals surface area contributed by atoms with Gasteiger partial charge in [0, 0.05) is 44.6 Å². The predicted molar refractivity (Wildman–Crippen MR) is 99.3 cm³/mol. The molecule has 140 valence electrons. The number of nitrogens with one attached hydrogen (secondary N) is 2. The topological polar surface area (TPSA) is 78.5 Å². The van der Waals surface area contributed by atoms with E-state index in [0.29, 0.717) is 43.3 Å². The van der Waals surface area contributed by atoms with Gasteiger partial charge in [0.15, 0.2) is 0 Å². The summed E-state index contributed by atoms with van der Waals surface area (Å²) < 4.78 is 26.8. The Labute approximate surface area is 155 Å². The van der Waals surface area contributed by atoms with Gasteiger partial charge in [-0.1, -0.05) is 17.7 Å². The van der Waals surface area contributed by atoms with E-state index in [1.165, 1.54) is 4.31 Å². The molecular formula is C17H26ClN3O3S. The van der Waals surface area contributed by atoms with Gasteiger partial charge in [-0.15, -0.1) is 12.4 Å². The SMILES string of the molecule is Cc1ccc(S(=O)(=O)N2CCC(C(=O)NCC3CNC3)CC2)cc1.Cl. The van der Waals surface area contributed by atoms with Crippen molar-refractivity contribution in [2.75, 3.05) is 32.7 Å². The monoisotopic (exact) mass is 387 g/mol. The van der Waals surface area contributed by atoms with E-state index in [4.69, 9.17) is 0 Å². The summed E-state index contributed by atoms with van der Waals surface area (Å²) in [6, 6.07) is 6.91. The lowest BCUT2D eigenvalue weighted by Crippen LogP contribution is -2.50. The second kappa shape index (κ2) is 8.49. The smallest absolute Gasteiger partial charge is 0.243 e. The van der Waals surface area contributed by atoms with Crippen LogP contribution in [0.3, 0.4) is 0 Å². The maximum Gasteiger partial charge on any atom is 0.243 e. The molecule has 8 heteroatoms. The van der Waals surface area contributed by atoms with Crippen molar-refractivity contribution in [2.45, 2.75) is 24.7 Å². The highest BCUT2D eigenvalue weighted by molar-refractivity contribution is 7.89. The highest BCUT2D eigenvalue weighted by Gasteiger charge is 2.32.